The lowest BCUT2D eigenvalue weighted by Crippen LogP contribution is -2.37. The molecule has 2 heterocycles. The topological polar surface area (TPSA) is 53.4 Å². The van der Waals surface area contributed by atoms with Gasteiger partial charge in [0, 0.05) is 36.3 Å². The van der Waals surface area contributed by atoms with Crippen LogP contribution in [0.25, 0.3) is 5.57 Å². The van der Waals surface area contributed by atoms with Crippen LogP contribution in [0.15, 0.2) is 42.1 Å². The molecule has 2 aliphatic rings. The van der Waals surface area contributed by atoms with Crippen molar-refractivity contribution in [1.29, 1.82) is 0 Å². The summed E-state index contributed by atoms with van der Waals surface area (Å²) >= 11 is 6.26. The zero-order valence-electron chi connectivity index (χ0n) is 15.2. The van der Waals surface area contributed by atoms with Gasteiger partial charge in [-0.1, -0.05) is 29.3 Å². The van der Waals surface area contributed by atoms with Crippen molar-refractivity contribution in [1.82, 2.24) is 9.88 Å². The molecule has 0 atom stereocenters. The quantitative estimate of drug-likeness (QED) is 0.862. The minimum atomic E-state index is -0.0886. The maximum atomic E-state index is 12.1. The Kier molecular flexibility index (Phi) is 5.28. The smallest absolute Gasteiger partial charge is 0.224 e. The zero-order chi connectivity index (χ0) is 18.8. The highest BCUT2D eigenvalue weighted by Gasteiger charge is 2.26. The van der Waals surface area contributed by atoms with Crippen molar-refractivity contribution in [3.63, 3.8) is 0 Å². The van der Waals surface area contributed by atoms with Gasteiger partial charge in [-0.3, -0.25) is 9.78 Å². The van der Waals surface area contributed by atoms with Gasteiger partial charge in [0.05, 0.1) is 12.3 Å². The van der Waals surface area contributed by atoms with Crippen molar-refractivity contribution in [3.05, 3.63) is 69.5 Å². The Morgan fingerprint density at radius 2 is 1.89 bits per heavy atom. The molecule has 5 heteroatoms. The molecule has 1 aromatic carbocycles. The minimum absolute atomic E-state index is 0.0353. The minimum Gasteiger partial charge on any atom is -0.396 e. The third-order valence-electron chi connectivity index (χ3n) is 5.53. The van der Waals surface area contributed by atoms with Crippen molar-refractivity contribution in [2.45, 2.75) is 32.1 Å². The van der Waals surface area contributed by atoms with Crippen LogP contribution in [-0.4, -0.2) is 40.6 Å². The second-order valence-electron chi connectivity index (χ2n) is 7.15. The van der Waals surface area contributed by atoms with Gasteiger partial charge in [0.2, 0.25) is 5.91 Å². The van der Waals surface area contributed by atoms with Crippen molar-refractivity contribution in [2.24, 2.45) is 0 Å². The molecule has 0 spiro atoms. The molecular weight excluding hydrogens is 360 g/mol. The number of hydrogen-bond acceptors (Lipinski definition) is 3. The Balaban J connectivity index is 1.76. The van der Waals surface area contributed by atoms with Crippen LogP contribution < -0.4 is 0 Å². The van der Waals surface area contributed by atoms with Gasteiger partial charge in [-0.2, -0.15) is 0 Å². The van der Waals surface area contributed by atoms with Gasteiger partial charge in [-0.05, 0) is 60.6 Å². The number of pyridine rings is 1. The maximum Gasteiger partial charge on any atom is 0.224 e. The second-order valence-corrected chi connectivity index (χ2v) is 7.58. The molecule has 2 aromatic rings. The molecule has 1 N–H and O–H groups in total. The number of fused-ring (bicyclic) bond motifs is 2. The Hall–Kier alpha value is -2.17. The van der Waals surface area contributed by atoms with Crippen molar-refractivity contribution in [3.8, 4) is 0 Å². The SMILES string of the molecule is O=C(CCO)N1CCC(=C2c3ccc(Cl)cc3CCc3cccnc32)CC1. The van der Waals surface area contributed by atoms with Gasteiger partial charge < -0.3 is 10.0 Å². The molecule has 1 aliphatic heterocycles. The summed E-state index contributed by atoms with van der Waals surface area (Å²) in [6, 6.07) is 10.3. The first-order valence-electron chi connectivity index (χ1n) is 9.51. The molecule has 1 amide bonds. The van der Waals surface area contributed by atoms with E-state index in [0.29, 0.717) is 13.1 Å². The molecule has 0 radical (unpaired) electrons. The third kappa shape index (κ3) is 3.64. The Morgan fingerprint density at radius 1 is 1.11 bits per heavy atom. The number of carbonyl (C=O) groups is 1. The van der Waals surface area contributed by atoms with Crippen LogP contribution in [-0.2, 0) is 17.6 Å². The molecule has 27 heavy (non-hydrogen) atoms. The molecule has 1 aromatic heterocycles. The molecule has 0 saturated carbocycles. The average Bonchev–Trinajstić information content (AvgIpc) is 2.85. The van der Waals surface area contributed by atoms with Crippen LogP contribution in [0.5, 0.6) is 0 Å². The van der Waals surface area contributed by atoms with E-state index in [1.807, 2.05) is 23.2 Å². The summed E-state index contributed by atoms with van der Waals surface area (Å²) < 4.78 is 0. The first-order chi connectivity index (χ1) is 13.2. The van der Waals surface area contributed by atoms with E-state index < -0.39 is 0 Å². The number of hydrogen-bond donors (Lipinski definition) is 1. The fourth-order valence-electron chi connectivity index (χ4n) is 4.16. The average molecular weight is 383 g/mol. The van der Waals surface area contributed by atoms with Crippen LogP contribution in [0, 0.1) is 0 Å². The molecule has 1 saturated heterocycles. The van der Waals surface area contributed by atoms with E-state index in [1.165, 1.54) is 27.8 Å². The fraction of sp³-hybridized carbons (Fsp3) is 0.364. The van der Waals surface area contributed by atoms with Crippen LogP contribution >= 0.6 is 11.6 Å². The number of carbonyl (C=O) groups excluding carboxylic acids is 1. The molecule has 140 valence electrons. The number of aryl methyl sites for hydroxylation is 2. The van der Waals surface area contributed by atoms with E-state index in [9.17, 15) is 4.79 Å². The van der Waals surface area contributed by atoms with Crippen molar-refractivity contribution >= 4 is 23.1 Å². The highest BCUT2D eigenvalue weighted by molar-refractivity contribution is 6.30. The summed E-state index contributed by atoms with van der Waals surface area (Å²) in [5.41, 5.74) is 7.41. The van der Waals surface area contributed by atoms with Gasteiger partial charge in [0.15, 0.2) is 0 Å². The summed E-state index contributed by atoms with van der Waals surface area (Å²) in [6.45, 7) is 1.31. The van der Waals surface area contributed by atoms with Crippen molar-refractivity contribution < 1.29 is 9.90 Å². The summed E-state index contributed by atoms with van der Waals surface area (Å²) in [5, 5.41) is 9.78. The Bertz CT molecular complexity index is 897. The maximum absolute atomic E-state index is 12.1. The van der Waals surface area contributed by atoms with Crippen LogP contribution in [0.1, 0.15) is 41.6 Å². The van der Waals surface area contributed by atoms with Crippen LogP contribution in [0.2, 0.25) is 5.02 Å². The number of aliphatic hydroxyl groups excluding tert-OH is 1. The van der Waals surface area contributed by atoms with Crippen molar-refractivity contribution in [2.75, 3.05) is 19.7 Å². The number of benzene rings is 1. The van der Waals surface area contributed by atoms with Crippen LogP contribution in [0.4, 0.5) is 0 Å². The molecule has 4 nitrogen and oxygen atoms in total. The second kappa shape index (κ2) is 7.83. The molecule has 1 aliphatic carbocycles. The number of aromatic nitrogens is 1. The van der Waals surface area contributed by atoms with Gasteiger partial charge in [-0.25, -0.2) is 0 Å². The highest BCUT2D eigenvalue weighted by Crippen LogP contribution is 2.38. The molecule has 0 bridgehead atoms. The number of piperidine rings is 1. The first-order valence-corrected chi connectivity index (χ1v) is 9.89. The van der Waals surface area contributed by atoms with E-state index in [4.69, 9.17) is 21.7 Å². The van der Waals surface area contributed by atoms with E-state index in [-0.39, 0.29) is 18.9 Å². The van der Waals surface area contributed by atoms with E-state index in [2.05, 4.69) is 18.2 Å². The number of rotatable bonds is 2. The normalized spacial score (nSPS) is 16.6. The lowest BCUT2D eigenvalue weighted by Gasteiger charge is -2.30. The van der Waals surface area contributed by atoms with E-state index >= 15 is 0 Å². The van der Waals surface area contributed by atoms with Gasteiger partial charge in [-0.15, -0.1) is 0 Å². The van der Waals surface area contributed by atoms with Gasteiger partial charge in [0.1, 0.15) is 0 Å². The number of likely N-dealkylation sites (tertiary alicyclic amines) is 1. The lowest BCUT2D eigenvalue weighted by atomic mass is 9.88. The molecule has 4 rings (SSSR count). The molecular formula is C22H23ClN2O2. The molecule has 1 fully saturated rings. The predicted octanol–water partition coefficient (Wildman–Crippen LogP) is 3.64. The number of halogens is 1. The number of amides is 1. The number of aliphatic hydroxyl groups is 1. The third-order valence-corrected chi connectivity index (χ3v) is 5.76. The van der Waals surface area contributed by atoms with E-state index in [0.717, 1.165) is 36.4 Å². The highest BCUT2D eigenvalue weighted by atomic mass is 35.5. The standard InChI is InChI=1S/C22H23ClN2O2/c23-18-5-6-19-17(14-18)4-3-16-2-1-10-24-22(16)21(19)15-7-11-25(12-8-15)20(27)9-13-26/h1-2,5-6,10,14,26H,3-4,7-9,11-13H2. The fourth-order valence-corrected chi connectivity index (χ4v) is 4.36. The lowest BCUT2D eigenvalue weighted by molar-refractivity contribution is -0.132. The summed E-state index contributed by atoms with van der Waals surface area (Å²) in [5.74, 6) is 0.0353. The Labute approximate surface area is 164 Å². The largest absolute Gasteiger partial charge is 0.396 e. The summed E-state index contributed by atoms with van der Waals surface area (Å²) in [4.78, 5) is 18.7. The predicted molar refractivity (Wildman–Crippen MR) is 107 cm³/mol. The zero-order valence-corrected chi connectivity index (χ0v) is 16.0. The van der Waals surface area contributed by atoms with Gasteiger partial charge in [0.25, 0.3) is 0 Å². The number of nitrogens with zero attached hydrogens (tertiary/aromatic N) is 2. The first kappa shape index (κ1) is 18.2. The monoisotopic (exact) mass is 382 g/mol. The van der Waals surface area contributed by atoms with Crippen LogP contribution in [0.3, 0.4) is 0 Å². The summed E-state index contributed by atoms with van der Waals surface area (Å²) in [6.07, 6.45) is 5.65. The van der Waals surface area contributed by atoms with E-state index in [1.54, 1.807) is 0 Å². The molecule has 0 unspecified atom stereocenters. The van der Waals surface area contributed by atoms with Gasteiger partial charge >= 0.3 is 0 Å². The Morgan fingerprint density at radius 3 is 2.67 bits per heavy atom. The summed E-state index contributed by atoms with van der Waals surface area (Å²) in [7, 11) is 0.